The fraction of sp³-hybridized carbons (Fsp3) is 0.875. The number of nitrogens with two attached hydrogens (primary N) is 2. The Morgan fingerprint density at radius 1 is 0.800 bits per heavy atom. The van der Waals surface area contributed by atoms with E-state index >= 15 is 0 Å². The lowest BCUT2D eigenvalue weighted by Crippen LogP contribution is -1.99. The summed E-state index contributed by atoms with van der Waals surface area (Å²) >= 11 is 0. The molecule has 0 aliphatic rings. The molecule has 0 atom stereocenters. The Morgan fingerprint density at radius 2 is 1.40 bits per heavy atom. The molecule has 0 aliphatic heterocycles. The highest BCUT2D eigenvalue weighted by atomic mass is 14.5. The van der Waals surface area contributed by atoms with E-state index in [1.165, 1.54) is 19.3 Å². The van der Waals surface area contributed by atoms with Crippen molar-refractivity contribution in [1.82, 2.24) is 0 Å². The molecule has 0 spiro atoms. The van der Waals surface area contributed by atoms with Crippen LogP contribution in [-0.4, -0.2) is 13.1 Å². The fourth-order valence-corrected chi connectivity index (χ4v) is 0.840. The molecule has 0 aromatic heterocycles. The molecule has 61 valence electrons. The lowest BCUT2D eigenvalue weighted by Gasteiger charge is -1.97. The molecule has 0 heterocycles. The topological polar surface area (TPSA) is 52.0 Å². The molecule has 0 aromatic rings. The molecule has 0 saturated heterocycles. The second kappa shape index (κ2) is 8.92. The van der Waals surface area contributed by atoms with Gasteiger partial charge >= 0.3 is 0 Å². The summed E-state index contributed by atoms with van der Waals surface area (Å²) in [4.78, 5) is 0. The van der Waals surface area contributed by atoms with Crippen LogP contribution in [0, 0.1) is 6.42 Å². The molecule has 2 nitrogen and oxygen atoms in total. The summed E-state index contributed by atoms with van der Waals surface area (Å²) in [6, 6.07) is 0. The summed E-state index contributed by atoms with van der Waals surface area (Å²) in [5, 5.41) is 0. The van der Waals surface area contributed by atoms with E-state index in [1.54, 1.807) is 0 Å². The number of rotatable bonds is 7. The van der Waals surface area contributed by atoms with E-state index in [1.807, 2.05) is 0 Å². The van der Waals surface area contributed by atoms with Crippen molar-refractivity contribution >= 4 is 0 Å². The molecule has 0 aliphatic carbocycles. The summed E-state index contributed by atoms with van der Waals surface area (Å²) in [5.41, 5.74) is 10.7. The second-order valence-corrected chi connectivity index (χ2v) is 2.50. The quantitative estimate of drug-likeness (QED) is 0.523. The molecule has 0 unspecified atom stereocenters. The van der Waals surface area contributed by atoms with Gasteiger partial charge in [-0.25, -0.2) is 0 Å². The molecule has 0 amide bonds. The van der Waals surface area contributed by atoms with E-state index in [0.29, 0.717) is 0 Å². The van der Waals surface area contributed by atoms with Crippen molar-refractivity contribution in [2.75, 3.05) is 13.1 Å². The lowest BCUT2D eigenvalue weighted by molar-refractivity contribution is 0.697. The number of hydrogen-bond donors (Lipinski definition) is 2. The van der Waals surface area contributed by atoms with Crippen molar-refractivity contribution < 1.29 is 0 Å². The number of unbranched alkanes of at least 4 members (excludes halogenated alkanes) is 5. The van der Waals surface area contributed by atoms with Crippen molar-refractivity contribution in [1.29, 1.82) is 0 Å². The van der Waals surface area contributed by atoms with Gasteiger partial charge < -0.3 is 11.5 Å². The van der Waals surface area contributed by atoms with Crippen LogP contribution in [0.5, 0.6) is 0 Å². The van der Waals surface area contributed by atoms with Crippen molar-refractivity contribution in [2.24, 2.45) is 11.5 Å². The molecule has 0 fully saturated rings. The van der Waals surface area contributed by atoms with E-state index in [9.17, 15) is 0 Å². The van der Waals surface area contributed by atoms with Gasteiger partial charge in [0, 0.05) is 0 Å². The molecule has 0 aromatic carbocycles. The van der Waals surface area contributed by atoms with Crippen LogP contribution >= 0.6 is 0 Å². The van der Waals surface area contributed by atoms with Crippen LogP contribution in [0.1, 0.15) is 32.1 Å². The molecular weight excluding hydrogens is 124 g/mol. The zero-order valence-corrected chi connectivity index (χ0v) is 6.68. The highest BCUT2D eigenvalue weighted by Crippen LogP contribution is 2.01. The van der Waals surface area contributed by atoms with Gasteiger partial charge in [-0.3, -0.25) is 0 Å². The van der Waals surface area contributed by atoms with Gasteiger partial charge in [0.15, 0.2) is 0 Å². The van der Waals surface area contributed by atoms with Crippen molar-refractivity contribution in [2.45, 2.75) is 32.1 Å². The highest BCUT2D eigenvalue weighted by Gasteiger charge is 1.88. The van der Waals surface area contributed by atoms with Gasteiger partial charge in [-0.05, 0) is 38.8 Å². The van der Waals surface area contributed by atoms with E-state index in [2.05, 4.69) is 6.42 Å². The van der Waals surface area contributed by atoms with Crippen LogP contribution in [0.2, 0.25) is 0 Å². The predicted molar refractivity (Wildman–Crippen MR) is 45.5 cm³/mol. The smallest absolute Gasteiger partial charge is 0.00772 e. The first-order chi connectivity index (χ1) is 4.91. The molecule has 0 bridgehead atoms. The minimum absolute atomic E-state index is 0.813. The summed E-state index contributed by atoms with van der Waals surface area (Å²) in [5.74, 6) is 0. The van der Waals surface area contributed by atoms with Crippen molar-refractivity contribution in [3.05, 3.63) is 6.42 Å². The van der Waals surface area contributed by atoms with Gasteiger partial charge in [0.1, 0.15) is 0 Å². The summed E-state index contributed by atoms with van der Waals surface area (Å²) < 4.78 is 0. The SMILES string of the molecule is NCCC[CH]CCCCN. The average Bonchev–Trinajstić information content (AvgIpc) is 1.97. The monoisotopic (exact) mass is 143 g/mol. The van der Waals surface area contributed by atoms with Gasteiger partial charge in [0.25, 0.3) is 0 Å². The third kappa shape index (κ3) is 7.92. The minimum atomic E-state index is 0.813. The molecule has 0 saturated carbocycles. The van der Waals surface area contributed by atoms with Gasteiger partial charge in [0.05, 0.1) is 0 Å². The normalized spacial score (nSPS) is 10.2. The minimum Gasteiger partial charge on any atom is -0.330 e. The maximum absolute atomic E-state index is 5.34. The molecule has 10 heavy (non-hydrogen) atoms. The molecule has 4 N–H and O–H groups in total. The second-order valence-electron chi connectivity index (χ2n) is 2.50. The first kappa shape index (κ1) is 9.92. The Morgan fingerprint density at radius 3 is 2.00 bits per heavy atom. The first-order valence-electron chi connectivity index (χ1n) is 4.13. The Balaban J connectivity index is 2.65. The Labute approximate surface area is 64.0 Å². The highest BCUT2D eigenvalue weighted by molar-refractivity contribution is 4.64. The fourth-order valence-electron chi connectivity index (χ4n) is 0.840. The van der Waals surface area contributed by atoms with Crippen molar-refractivity contribution in [3.8, 4) is 0 Å². The average molecular weight is 143 g/mol. The summed E-state index contributed by atoms with van der Waals surface area (Å²) in [7, 11) is 0. The zero-order valence-electron chi connectivity index (χ0n) is 6.68. The third-order valence-electron chi connectivity index (χ3n) is 1.47. The Bertz CT molecular complexity index is 47.2. The van der Waals surface area contributed by atoms with Crippen LogP contribution < -0.4 is 11.5 Å². The Kier molecular flexibility index (Phi) is 8.85. The Hall–Kier alpha value is -0.0800. The first-order valence-corrected chi connectivity index (χ1v) is 4.13. The van der Waals surface area contributed by atoms with Crippen LogP contribution in [0.25, 0.3) is 0 Å². The van der Waals surface area contributed by atoms with Gasteiger partial charge in [0.2, 0.25) is 0 Å². The van der Waals surface area contributed by atoms with Gasteiger partial charge in [-0.2, -0.15) is 0 Å². The van der Waals surface area contributed by atoms with Crippen LogP contribution in [-0.2, 0) is 0 Å². The predicted octanol–water partition coefficient (Wildman–Crippen LogP) is 1.06. The van der Waals surface area contributed by atoms with Crippen molar-refractivity contribution in [3.63, 3.8) is 0 Å². The van der Waals surface area contributed by atoms with Gasteiger partial charge in [-0.1, -0.05) is 12.8 Å². The standard InChI is InChI=1S/C8H19N2/c9-7-5-3-1-2-4-6-8-10/h1H,2-10H2. The van der Waals surface area contributed by atoms with E-state index < -0.39 is 0 Å². The summed E-state index contributed by atoms with van der Waals surface area (Å²) in [6.07, 6.45) is 8.20. The van der Waals surface area contributed by atoms with Crippen LogP contribution in [0.3, 0.4) is 0 Å². The van der Waals surface area contributed by atoms with E-state index in [4.69, 9.17) is 11.5 Å². The number of hydrogen-bond acceptors (Lipinski definition) is 2. The molecule has 2 heteroatoms. The zero-order chi connectivity index (χ0) is 7.66. The maximum Gasteiger partial charge on any atom is -0.00772 e. The van der Waals surface area contributed by atoms with Gasteiger partial charge in [-0.15, -0.1) is 0 Å². The van der Waals surface area contributed by atoms with E-state index in [0.717, 1.165) is 25.9 Å². The van der Waals surface area contributed by atoms with E-state index in [-0.39, 0.29) is 0 Å². The lowest BCUT2D eigenvalue weighted by atomic mass is 10.1. The molecular formula is C8H19N2. The van der Waals surface area contributed by atoms with Crippen LogP contribution in [0.15, 0.2) is 0 Å². The van der Waals surface area contributed by atoms with Crippen LogP contribution in [0.4, 0.5) is 0 Å². The molecule has 1 radical (unpaired) electrons. The molecule has 0 rings (SSSR count). The summed E-state index contributed by atoms with van der Waals surface area (Å²) in [6.45, 7) is 1.64. The largest absolute Gasteiger partial charge is 0.330 e. The third-order valence-corrected chi connectivity index (χ3v) is 1.47. The maximum atomic E-state index is 5.34.